The van der Waals surface area contributed by atoms with Crippen molar-refractivity contribution in [1.82, 2.24) is 0 Å². The van der Waals surface area contributed by atoms with E-state index < -0.39 is 0 Å². The summed E-state index contributed by atoms with van der Waals surface area (Å²) >= 11 is 0. The maximum absolute atomic E-state index is 11.8. The standard InChI is InChI=1S/C13H20NO2.HI/c1-14(2,3)10-9-13(15)11-5-7-12(16-4)8-6-11;/h5-8H,9-10H2,1-4H3;1H/q+1;/p-1. The van der Waals surface area contributed by atoms with Crippen molar-refractivity contribution in [3.05, 3.63) is 29.8 Å². The third-order valence-electron chi connectivity index (χ3n) is 2.42. The summed E-state index contributed by atoms with van der Waals surface area (Å²) in [6, 6.07) is 7.27. The van der Waals surface area contributed by atoms with Crippen molar-refractivity contribution in [2.75, 3.05) is 34.8 Å². The molecule has 0 saturated heterocycles. The van der Waals surface area contributed by atoms with Crippen molar-refractivity contribution in [1.29, 1.82) is 0 Å². The summed E-state index contributed by atoms with van der Waals surface area (Å²) in [6.07, 6.45) is 0.579. The summed E-state index contributed by atoms with van der Waals surface area (Å²) in [5.41, 5.74) is 0.759. The van der Waals surface area contributed by atoms with Crippen LogP contribution in [-0.4, -0.2) is 45.1 Å². The lowest BCUT2D eigenvalue weighted by Gasteiger charge is -2.23. The molecule has 0 saturated carbocycles. The van der Waals surface area contributed by atoms with Gasteiger partial charge in [0.2, 0.25) is 0 Å². The number of carbonyl (C=O) groups excluding carboxylic acids is 1. The number of nitrogens with zero attached hydrogens (tertiary/aromatic N) is 1. The molecule has 0 radical (unpaired) electrons. The summed E-state index contributed by atoms with van der Waals surface area (Å²) < 4.78 is 5.86. The smallest absolute Gasteiger partial charge is 0.168 e. The maximum Gasteiger partial charge on any atom is 0.168 e. The van der Waals surface area contributed by atoms with E-state index in [-0.39, 0.29) is 29.8 Å². The van der Waals surface area contributed by atoms with Crippen LogP contribution in [0, 0.1) is 0 Å². The van der Waals surface area contributed by atoms with Gasteiger partial charge in [-0.1, -0.05) is 0 Å². The molecule has 0 amide bonds. The minimum atomic E-state index is 0. The Balaban J connectivity index is 0.00000256. The highest BCUT2D eigenvalue weighted by Gasteiger charge is 2.12. The second kappa shape index (κ2) is 6.96. The molecule has 0 N–H and O–H groups in total. The molecule has 0 aliphatic heterocycles. The number of methoxy groups -OCH3 is 1. The second-order valence-electron chi connectivity index (χ2n) is 4.92. The highest BCUT2D eigenvalue weighted by atomic mass is 127. The third kappa shape index (κ3) is 6.02. The van der Waals surface area contributed by atoms with Gasteiger partial charge in [0.05, 0.1) is 41.2 Å². The van der Waals surface area contributed by atoms with Crippen LogP contribution in [-0.2, 0) is 0 Å². The number of halogens is 1. The van der Waals surface area contributed by atoms with Crippen LogP contribution in [0.1, 0.15) is 16.8 Å². The van der Waals surface area contributed by atoms with E-state index in [1.54, 1.807) is 7.11 Å². The van der Waals surface area contributed by atoms with Gasteiger partial charge in [-0.2, -0.15) is 0 Å². The molecular formula is C13H20INO2. The number of hydrogen-bond acceptors (Lipinski definition) is 2. The molecule has 0 bridgehead atoms. The van der Waals surface area contributed by atoms with Gasteiger partial charge >= 0.3 is 0 Å². The predicted molar refractivity (Wildman–Crippen MR) is 64.8 cm³/mol. The van der Waals surface area contributed by atoms with E-state index in [0.29, 0.717) is 6.42 Å². The number of benzene rings is 1. The van der Waals surface area contributed by atoms with E-state index in [2.05, 4.69) is 21.1 Å². The van der Waals surface area contributed by atoms with Gasteiger partial charge in [0.1, 0.15) is 5.75 Å². The second-order valence-corrected chi connectivity index (χ2v) is 4.92. The van der Waals surface area contributed by atoms with Gasteiger partial charge in [0.25, 0.3) is 0 Å². The van der Waals surface area contributed by atoms with Crippen LogP contribution in [0.5, 0.6) is 5.75 Å². The van der Waals surface area contributed by atoms with Crippen molar-refractivity contribution in [3.63, 3.8) is 0 Å². The normalized spacial score (nSPS) is 10.6. The molecule has 4 heteroatoms. The van der Waals surface area contributed by atoms with Crippen LogP contribution >= 0.6 is 0 Å². The zero-order valence-corrected chi connectivity index (χ0v) is 13.0. The lowest BCUT2D eigenvalue weighted by molar-refractivity contribution is -0.869. The molecule has 1 rings (SSSR count). The number of Topliss-reactive ketones (excluding diaryl/α,β-unsaturated/α-hetero) is 1. The van der Waals surface area contributed by atoms with Crippen LogP contribution in [0.25, 0.3) is 0 Å². The summed E-state index contributed by atoms with van der Waals surface area (Å²) in [5, 5.41) is 0. The first kappa shape index (κ1) is 16.4. The molecule has 0 aromatic heterocycles. The quantitative estimate of drug-likeness (QED) is 0.387. The zero-order valence-electron chi connectivity index (χ0n) is 10.9. The van der Waals surface area contributed by atoms with E-state index in [0.717, 1.165) is 22.3 Å². The molecule has 0 aliphatic carbocycles. The molecule has 0 unspecified atom stereocenters. The third-order valence-corrected chi connectivity index (χ3v) is 2.42. The van der Waals surface area contributed by atoms with Crippen LogP contribution in [0.3, 0.4) is 0 Å². The predicted octanol–water partition coefficient (Wildman–Crippen LogP) is -1.02. The first-order valence-electron chi connectivity index (χ1n) is 5.40. The first-order chi connectivity index (χ1) is 7.42. The molecule has 0 fully saturated rings. The minimum absolute atomic E-state index is 0. The molecule has 96 valence electrons. The van der Waals surface area contributed by atoms with Crippen molar-refractivity contribution >= 4 is 5.78 Å². The molecule has 0 heterocycles. The Bertz CT molecular complexity index is 355. The fourth-order valence-corrected chi connectivity index (χ4v) is 1.36. The van der Waals surface area contributed by atoms with Gasteiger partial charge in [-0.15, -0.1) is 0 Å². The summed E-state index contributed by atoms with van der Waals surface area (Å²) in [4.78, 5) is 11.8. The average Bonchev–Trinajstić information content (AvgIpc) is 2.25. The largest absolute Gasteiger partial charge is 1.00 e. The summed E-state index contributed by atoms with van der Waals surface area (Å²) in [6.45, 7) is 0.852. The van der Waals surface area contributed by atoms with Crippen LogP contribution in [0.4, 0.5) is 0 Å². The molecule has 1 aromatic rings. The molecule has 3 nitrogen and oxygen atoms in total. The highest BCUT2D eigenvalue weighted by molar-refractivity contribution is 5.96. The monoisotopic (exact) mass is 349 g/mol. The Morgan fingerprint density at radius 1 is 1.18 bits per heavy atom. The molecule has 0 aliphatic rings. The number of quaternary nitrogens is 1. The maximum atomic E-state index is 11.8. The number of carbonyl (C=O) groups is 1. The van der Waals surface area contributed by atoms with Crippen molar-refractivity contribution in [2.24, 2.45) is 0 Å². The van der Waals surface area contributed by atoms with E-state index in [4.69, 9.17) is 4.74 Å². The minimum Gasteiger partial charge on any atom is -1.00 e. The van der Waals surface area contributed by atoms with Gasteiger partial charge in [-0.05, 0) is 24.3 Å². The van der Waals surface area contributed by atoms with Gasteiger partial charge in [0.15, 0.2) is 5.78 Å². The van der Waals surface area contributed by atoms with Gasteiger partial charge < -0.3 is 33.2 Å². The molecular weight excluding hydrogens is 329 g/mol. The van der Waals surface area contributed by atoms with Gasteiger partial charge in [-0.3, -0.25) is 4.79 Å². The first-order valence-corrected chi connectivity index (χ1v) is 5.40. The average molecular weight is 349 g/mol. The SMILES string of the molecule is COc1ccc(C(=O)CC[N+](C)(C)C)cc1.[I-]. The van der Waals surface area contributed by atoms with Crippen LogP contribution in [0.2, 0.25) is 0 Å². The Kier molecular flexibility index (Phi) is 6.70. The summed E-state index contributed by atoms with van der Waals surface area (Å²) in [7, 11) is 7.87. The Morgan fingerprint density at radius 3 is 2.12 bits per heavy atom. The Morgan fingerprint density at radius 2 is 1.71 bits per heavy atom. The van der Waals surface area contributed by atoms with Crippen LogP contribution < -0.4 is 28.7 Å². The number of ether oxygens (including phenoxy) is 1. The Hall–Kier alpha value is -0.620. The van der Waals surface area contributed by atoms with Crippen LogP contribution in [0.15, 0.2) is 24.3 Å². The van der Waals surface area contributed by atoms with Gasteiger partial charge in [0, 0.05) is 5.56 Å². The topological polar surface area (TPSA) is 26.3 Å². The molecule has 17 heavy (non-hydrogen) atoms. The van der Waals surface area contributed by atoms with E-state index in [9.17, 15) is 4.79 Å². The zero-order chi connectivity index (χ0) is 12.2. The van der Waals surface area contributed by atoms with E-state index in [1.807, 2.05) is 24.3 Å². The number of rotatable bonds is 5. The van der Waals surface area contributed by atoms with Crippen molar-refractivity contribution < 1.29 is 38.0 Å². The Labute approximate surface area is 120 Å². The van der Waals surface area contributed by atoms with Crippen molar-refractivity contribution in [3.8, 4) is 5.75 Å². The fraction of sp³-hybridized carbons (Fsp3) is 0.462. The molecule has 0 atom stereocenters. The molecule has 0 spiro atoms. The van der Waals surface area contributed by atoms with Crippen molar-refractivity contribution in [2.45, 2.75) is 6.42 Å². The van der Waals surface area contributed by atoms with Gasteiger partial charge in [-0.25, -0.2) is 0 Å². The van der Waals surface area contributed by atoms with E-state index in [1.165, 1.54) is 0 Å². The lowest BCUT2D eigenvalue weighted by atomic mass is 10.1. The summed E-state index contributed by atoms with van der Waals surface area (Å²) in [5.74, 6) is 0.971. The highest BCUT2D eigenvalue weighted by Crippen LogP contribution is 2.13. The fourth-order valence-electron chi connectivity index (χ4n) is 1.36. The number of ketones is 1. The lowest BCUT2D eigenvalue weighted by Crippen LogP contribution is -3.00. The van der Waals surface area contributed by atoms with E-state index >= 15 is 0 Å². The number of hydrogen-bond donors (Lipinski definition) is 0. The molecule has 1 aromatic carbocycles.